The molecule has 0 heterocycles. The van der Waals surface area contributed by atoms with Gasteiger partial charge in [0.25, 0.3) is 0 Å². The first kappa shape index (κ1) is 17.7. The molecule has 7 nitrogen and oxygen atoms in total. The first-order valence-electron chi connectivity index (χ1n) is 6.31. The van der Waals surface area contributed by atoms with E-state index in [2.05, 4.69) is 5.32 Å². The van der Waals surface area contributed by atoms with Crippen molar-refractivity contribution in [3.05, 3.63) is 0 Å². The van der Waals surface area contributed by atoms with E-state index in [0.29, 0.717) is 19.6 Å². The van der Waals surface area contributed by atoms with Gasteiger partial charge < -0.3 is 25.3 Å². The van der Waals surface area contributed by atoms with Crippen LogP contribution in [0, 0.1) is 5.92 Å². The molecule has 0 aliphatic heterocycles. The summed E-state index contributed by atoms with van der Waals surface area (Å²) < 4.78 is 0. The van der Waals surface area contributed by atoms with E-state index in [-0.39, 0.29) is 5.92 Å². The number of carbonyl (C=O) groups excluding carboxylic acids is 1. The normalized spacial score (nSPS) is 12.6. The molecule has 2 amide bonds. The van der Waals surface area contributed by atoms with Gasteiger partial charge in [-0.15, -0.1) is 0 Å². The number of aliphatic carboxylic acids is 1. The van der Waals surface area contributed by atoms with Crippen LogP contribution in [-0.4, -0.2) is 78.4 Å². The Bertz CT molecular complexity index is 295. The van der Waals surface area contributed by atoms with Crippen LogP contribution in [0.2, 0.25) is 0 Å². The summed E-state index contributed by atoms with van der Waals surface area (Å²) in [6.07, 6.45) is 0. The summed E-state index contributed by atoms with van der Waals surface area (Å²) in [5, 5.41) is 20.0. The Hall–Kier alpha value is -1.34. The quantitative estimate of drug-likeness (QED) is 0.563. The lowest BCUT2D eigenvalue weighted by atomic mass is 10.2. The van der Waals surface area contributed by atoms with Crippen LogP contribution in [0.1, 0.15) is 13.8 Å². The highest BCUT2D eigenvalue weighted by atomic mass is 16.4. The molecule has 0 aromatic heterocycles. The van der Waals surface area contributed by atoms with Crippen LogP contribution >= 0.6 is 0 Å². The molecule has 7 heteroatoms. The fourth-order valence-electron chi connectivity index (χ4n) is 1.46. The first-order valence-corrected chi connectivity index (χ1v) is 6.31. The van der Waals surface area contributed by atoms with Crippen molar-refractivity contribution in [2.75, 3.05) is 40.3 Å². The first-order chi connectivity index (χ1) is 8.77. The predicted octanol–water partition coefficient (Wildman–Crippen LogP) is -0.339. The van der Waals surface area contributed by atoms with Gasteiger partial charge in [-0.05, 0) is 20.0 Å². The Morgan fingerprint density at radius 1 is 1.21 bits per heavy atom. The van der Waals surface area contributed by atoms with E-state index >= 15 is 0 Å². The number of hydrogen-bond donors (Lipinski definition) is 3. The predicted molar refractivity (Wildman–Crippen MR) is 72.0 cm³/mol. The Kier molecular flexibility index (Phi) is 8.09. The molecular formula is C12H25N3O4. The molecule has 3 N–H and O–H groups in total. The second kappa shape index (κ2) is 8.71. The van der Waals surface area contributed by atoms with E-state index in [4.69, 9.17) is 10.2 Å². The smallest absolute Gasteiger partial charge is 0.328 e. The summed E-state index contributed by atoms with van der Waals surface area (Å²) in [5.74, 6) is -0.960. The van der Waals surface area contributed by atoms with E-state index in [1.165, 1.54) is 0 Å². The number of nitrogens with one attached hydrogen (secondary N) is 1. The molecule has 0 aromatic rings. The van der Waals surface area contributed by atoms with Gasteiger partial charge in [-0.3, -0.25) is 0 Å². The van der Waals surface area contributed by atoms with Crippen molar-refractivity contribution in [3.8, 4) is 0 Å². The third-order valence-electron chi connectivity index (χ3n) is 2.47. The van der Waals surface area contributed by atoms with Crippen LogP contribution in [0.25, 0.3) is 0 Å². The topological polar surface area (TPSA) is 93.1 Å². The number of urea groups is 1. The van der Waals surface area contributed by atoms with Crippen molar-refractivity contribution in [2.24, 2.45) is 5.92 Å². The number of rotatable bonds is 8. The summed E-state index contributed by atoms with van der Waals surface area (Å²) >= 11 is 0. The number of carbonyl (C=O) groups is 2. The van der Waals surface area contributed by atoms with Crippen molar-refractivity contribution < 1.29 is 19.8 Å². The minimum atomic E-state index is -1.26. The molecule has 0 aliphatic carbocycles. The van der Waals surface area contributed by atoms with Crippen molar-refractivity contribution >= 4 is 12.0 Å². The number of carboxylic acid groups (broad SMARTS) is 1. The third-order valence-corrected chi connectivity index (χ3v) is 2.47. The zero-order chi connectivity index (χ0) is 15.0. The second-order valence-corrected chi connectivity index (χ2v) is 5.17. The van der Waals surface area contributed by atoms with E-state index in [9.17, 15) is 9.59 Å². The summed E-state index contributed by atoms with van der Waals surface area (Å²) in [4.78, 5) is 26.3. The lowest BCUT2D eigenvalue weighted by Gasteiger charge is -2.27. The summed E-state index contributed by atoms with van der Waals surface area (Å²) in [5.41, 5.74) is 0. The lowest BCUT2D eigenvalue weighted by Crippen LogP contribution is -2.51. The van der Waals surface area contributed by atoms with Gasteiger partial charge in [0.05, 0.1) is 6.61 Å². The molecule has 0 rings (SSSR count). The van der Waals surface area contributed by atoms with Gasteiger partial charge in [0.1, 0.15) is 0 Å². The van der Waals surface area contributed by atoms with Crippen LogP contribution < -0.4 is 5.32 Å². The van der Waals surface area contributed by atoms with Crippen LogP contribution in [0.3, 0.4) is 0 Å². The molecule has 0 bridgehead atoms. The maximum Gasteiger partial charge on any atom is 0.328 e. The fraction of sp³-hybridized carbons (Fsp3) is 0.833. The zero-order valence-electron chi connectivity index (χ0n) is 12.1. The number of nitrogens with zero attached hydrogens (tertiary/aromatic N) is 2. The highest BCUT2D eigenvalue weighted by Crippen LogP contribution is 2.00. The molecule has 0 saturated heterocycles. The summed E-state index contributed by atoms with van der Waals surface area (Å²) in [7, 11) is 3.80. The minimum absolute atomic E-state index is 0.283. The fourth-order valence-corrected chi connectivity index (χ4v) is 1.46. The number of amides is 2. The van der Waals surface area contributed by atoms with Gasteiger partial charge in [-0.25, -0.2) is 9.59 Å². The summed E-state index contributed by atoms with van der Waals surface area (Å²) in [6, 6.07) is -1.72. The highest BCUT2D eigenvalue weighted by Gasteiger charge is 2.22. The van der Waals surface area contributed by atoms with Gasteiger partial charge in [0.2, 0.25) is 0 Å². The van der Waals surface area contributed by atoms with E-state index in [1.807, 2.05) is 32.8 Å². The van der Waals surface area contributed by atoms with E-state index < -0.39 is 24.6 Å². The monoisotopic (exact) mass is 275 g/mol. The number of carboxylic acids is 1. The van der Waals surface area contributed by atoms with Gasteiger partial charge in [-0.2, -0.15) is 0 Å². The zero-order valence-corrected chi connectivity index (χ0v) is 12.1. The molecular weight excluding hydrogens is 250 g/mol. The molecule has 0 fully saturated rings. The molecule has 0 spiro atoms. The van der Waals surface area contributed by atoms with Crippen LogP contribution in [-0.2, 0) is 4.79 Å². The van der Waals surface area contributed by atoms with Crippen molar-refractivity contribution in [1.82, 2.24) is 15.1 Å². The molecule has 0 aromatic carbocycles. The minimum Gasteiger partial charge on any atom is -0.480 e. The van der Waals surface area contributed by atoms with E-state index in [1.54, 1.807) is 4.90 Å². The molecule has 0 saturated carbocycles. The maximum atomic E-state index is 12.0. The largest absolute Gasteiger partial charge is 0.480 e. The van der Waals surface area contributed by atoms with Crippen LogP contribution in [0.15, 0.2) is 0 Å². The molecule has 1 atom stereocenters. The van der Waals surface area contributed by atoms with Crippen LogP contribution in [0.5, 0.6) is 0 Å². The molecule has 19 heavy (non-hydrogen) atoms. The van der Waals surface area contributed by atoms with Gasteiger partial charge >= 0.3 is 12.0 Å². The lowest BCUT2D eigenvalue weighted by molar-refractivity contribution is -0.140. The van der Waals surface area contributed by atoms with Crippen molar-refractivity contribution in [3.63, 3.8) is 0 Å². The average Bonchev–Trinajstić information content (AvgIpc) is 2.29. The van der Waals surface area contributed by atoms with E-state index in [0.717, 1.165) is 0 Å². The maximum absolute atomic E-state index is 12.0. The number of aliphatic hydroxyl groups excluding tert-OH is 1. The van der Waals surface area contributed by atoms with Crippen molar-refractivity contribution in [2.45, 2.75) is 19.9 Å². The highest BCUT2D eigenvalue weighted by molar-refractivity contribution is 5.82. The molecule has 0 radical (unpaired) electrons. The molecule has 112 valence electrons. The average molecular weight is 275 g/mol. The van der Waals surface area contributed by atoms with Crippen LogP contribution in [0.4, 0.5) is 4.79 Å². The number of hydrogen-bond acceptors (Lipinski definition) is 4. The Balaban J connectivity index is 4.55. The van der Waals surface area contributed by atoms with Gasteiger partial charge in [0.15, 0.2) is 6.04 Å². The molecule has 1 unspecified atom stereocenters. The SMILES string of the molecule is CC(C)CN(CCN(C)C)C(=O)NC(CO)C(=O)O. The van der Waals surface area contributed by atoms with Crippen molar-refractivity contribution in [1.29, 1.82) is 0 Å². The Morgan fingerprint density at radius 3 is 2.16 bits per heavy atom. The molecule has 0 aliphatic rings. The summed E-state index contributed by atoms with van der Waals surface area (Å²) in [6.45, 7) is 5.08. The second-order valence-electron chi connectivity index (χ2n) is 5.17. The standard InChI is InChI=1S/C12H25N3O4/c1-9(2)7-15(6-5-14(3)4)12(19)13-10(8-16)11(17)18/h9-10,16H,5-8H2,1-4H3,(H,13,19)(H,17,18). The Labute approximate surface area is 114 Å². The van der Waals surface area contributed by atoms with Gasteiger partial charge in [-0.1, -0.05) is 13.8 Å². The third kappa shape index (κ3) is 7.63. The van der Waals surface area contributed by atoms with Gasteiger partial charge in [0, 0.05) is 19.6 Å². The Morgan fingerprint density at radius 2 is 1.79 bits per heavy atom. The number of likely N-dealkylation sites (N-methyl/N-ethyl adjacent to an activating group) is 1. The number of aliphatic hydroxyl groups is 1.